The Labute approximate surface area is 162 Å². The van der Waals surface area contributed by atoms with Gasteiger partial charge in [-0.2, -0.15) is 0 Å². The molecular weight excluding hydrogens is 356 g/mol. The third-order valence-corrected chi connectivity index (χ3v) is 4.42. The zero-order valence-corrected chi connectivity index (χ0v) is 15.8. The first kappa shape index (κ1) is 17.7. The second-order valence-corrected chi connectivity index (χ2v) is 6.09. The van der Waals surface area contributed by atoms with Crippen LogP contribution in [0.5, 0.6) is 17.2 Å². The SMILES string of the molecule is COc1cc(-n2cnc(Nc3cc4ccccc4cn3)c2)cc(OC)c1OC. The molecule has 28 heavy (non-hydrogen) atoms. The summed E-state index contributed by atoms with van der Waals surface area (Å²) < 4.78 is 18.1. The molecule has 0 saturated heterocycles. The number of imidazole rings is 1. The van der Waals surface area contributed by atoms with Gasteiger partial charge in [-0.05, 0) is 11.5 Å². The summed E-state index contributed by atoms with van der Waals surface area (Å²) in [6.07, 6.45) is 5.43. The second-order valence-electron chi connectivity index (χ2n) is 6.09. The molecule has 0 amide bonds. The van der Waals surface area contributed by atoms with Gasteiger partial charge in [-0.3, -0.25) is 0 Å². The van der Waals surface area contributed by atoms with E-state index in [-0.39, 0.29) is 0 Å². The van der Waals surface area contributed by atoms with Gasteiger partial charge in [0.15, 0.2) is 11.5 Å². The summed E-state index contributed by atoms with van der Waals surface area (Å²) in [6.45, 7) is 0. The summed E-state index contributed by atoms with van der Waals surface area (Å²) in [6, 6.07) is 13.8. The predicted octanol–water partition coefficient (Wildman–Crippen LogP) is 4.19. The number of fused-ring (bicyclic) bond motifs is 1. The zero-order valence-electron chi connectivity index (χ0n) is 15.8. The van der Waals surface area contributed by atoms with Gasteiger partial charge in [0.1, 0.15) is 18.0 Å². The van der Waals surface area contributed by atoms with Crippen LogP contribution in [-0.4, -0.2) is 35.9 Å². The van der Waals surface area contributed by atoms with Crippen LogP contribution in [0.4, 0.5) is 11.6 Å². The lowest BCUT2D eigenvalue weighted by Gasteiger charge is -2.14. The van der Waals surface area contributed by atoms with Gasteiger partial charge < -0.3 is 24.1 Å². The maximum Gasteiger partial charge on any atom is 0.203 e. The van der Waals surface area contributed by atoms with E-state index >= 15 is 0 Å². The molecule has 0 aliphatic heterocycles. The molecule has 0 atom stereocenters. The lowest BCUT2D eigenvalue weighted by atomic mass is 10.2. The van der Waals surface area contributed by atoms with Crippen LogP contribution in [0, 0.1) is 0 Å². The second kappa shape index (κ2) is 7.48. The maximum atomic E-state index is 5.42. The predicted molar refractivity (Wildman–Crippen MR) is 108 cm³/mol. The van der Waals surface area contributed by atoms with E-state index in [0.29, 0.717) is 23.1 Å². The zero-order chi connectivity index (χ0) is 19.5. The van der Waals surface area contributed by atoms with Crippen molar-refractivity contribution in [2.24, 2.45) is 0 Å². The van der Waals surface area contributed by atoms with E-state index in [1.165, 1.54) is 0 Å². The quantitative estimate of drug-likeness (QED) is 0.544. The molecule has 0 aliphatic rings. The highest BCUT2D eigenvalue weighted by molar-refractivity contribution is 5.84. The van der Waals surface area contributed by atoms with E-state index < -0.39 is 0 Å². The van der Waals surface area contributed by atoms with Crippen LogP contribution in [0.2, 0.25) is 0 Å². The van der Waals surface area contributed by atoms with Crippen molar-refractivity contribution in [1.29, 1.82) is 0 Å². The maximum absolute atomic E-state index is 5.42. The number of anilines is 2. The number of benzene rings is 2. The van der Waals surface area contributed by atoms with Gasteiger partial charge in [-0.1, -0.05) is 24.3 Å². The Morgan fingerprint density at radius 1 is 0.821 bits per heavy atom. The van der Waals surface area contributed by atoms with Crippen LogP contribution in [0.1, 0.15) is 0 Å². The molecule has 142 valence electrons. The van der Waals surface area contributed by atoms with Crippen LogP contribution in [-0.2, 0) is 0 Å². The number of rotatable bonds is 6. The first-order chi connectivity index (χ1) is 13.7. The summed E-state index contributed by atoms with van der Waals surface area (Å²) >= 11 is 0. The molecule has 0 spiro atoms. The van der Waals surface area contributed by atoms with Crippen molar-refractivity contribution in [3.8, 4) is 22.9 Å². The summed E-state index contributed by atoms with van der Waals surface area (Å²) in [5, 5.41) is 5.44. The van der Waals surface area contributed by atoms with Gasteiger partial charge in [0.2, 0.25) is 5.75 Å². The fraction of sp³-hybridized carbons (Fsp3) is 0.143. The lowest BCUT2D eigenvalue weighted by molar-refractivity contribution is 0.324. The van der Waals surface area contributed by atoms with Crippen molar-refractivity contribution in [3.05, 3.63) is 61.2 Å². The van der Waals surface area contributed by atoms with Gasteiger partial charge in [0, 0.05) is 23.7 Å². The first-order valence-electron chi connectivity index (χ1n) is 8.68. The molecule has 7 nitrogen and oxygen atoms in total. The average molecular weight is 376 g/mol. The van der Waals surface area contributed by atoms with Crippen molar-refractivity contribution in [2.45, 2.75) is 0 Å². The summed E-state index contributed by atoms with van der Waals surface area (Å²) in [7, 11) is 4.76. The van der Waals surface area contributed by atoms with Gasteiger partial charge in [-0.25, -0.2) is 9.97 Å². The van der Waals surface area contributed by atoms with Crippen molar-refractivity contribution in [1.82, 2.24) is 14.5 Å². The number of pyridine rings is 1. The summed E-state index contributed by atoms with van der Waals surface area (Å²) in [4.78, 5) is 8.87. The molecule has 2 aromatic carbocycles. The van der Waals surface area contributed by atoms with Crippen molar-refractivity contribution >= 4 is 22.4 Å². The van der Waals surface area contributed by atoms with E-state index in [0.717, 1.165) is 22.3 Å². The number of hydrogen-bond acceptors (Lipinski definition) is 6. The highest BCUT2D eigenvalue weighted by Crippen LogP contribution is 2.39. The fourth-order valence-corrected chi connectivity index (χ4v) is 3.03. The number of methoxy groups -OCH3 is 3. The molecule has 7 heteroatoms. The standard InChI is InChI=1S/C21H20N4O3/c1-26-17-9-16(10-18(27-2)21(17)28-3)25-12-20(23-13-25)24-19-8-14-6-4-5-7-15(14)11-22-19/h4-13H,1-3H3,(H,22,24). The smallest absolute Gasteiger partial charge is 0.203 e. The molecule has 0 bridgehead atoms. The Morgan fingerprint density at radius 3 is 2.21 bits per heavy atom. The highest BCUT2D eigenvalue weighted by atomic mass is 16.5. The third kappa shape index (κ3) is 3.29. The molecule has 0 fully saturated rings. The van der Waals surface area contributed by atoms with Crippen LogP contribution < -0.4 is 19.5 Å². The van der Waals surface area contributed by atoms with Crippen LogP contribution in [0.15, 0.2) is 61.2 Å². The monoisotopic (exact) mass is 376 g/mol. The van der Waals surface area contributed by atoms with Crippen molar-refractivity contribution in [3.63, 3.8) is 0 Å². The molecule has 0 aliphatic carbocycles. The number of hydrogen-bond donors (Lipinski definition) is 1. The number of ether oxygens (including phenoxy) is 3. The molecule has 0 saturated carbocycles. The van der Waals surface area contributed by atoms with E-state index in [4.69, 9.17) is 14.2 Å². The lowest BCUT2D eigenvalue weighted by Crippen LogP contribution is -1.98. The Bertz CT molecular complexity index is 1100. The summed E-state index contributed by atoms with van der Waals surface area (Å²) in [5.41, 5.74) is 0.835. The Kier molecular flexibility index (Phi) is 4.72. The molecule has 4 aromatic rings. The van der Waals surface area contributed by atoms with Crippen LogP contribution in [0.25, 0.3) is 16.5 Å². The fourth-order valence-electron chi connectivity index (χ4n) is 3.03. The normalized spacial score (nSPS) is 10.7. The molecular formula is C21H20N4O3. The van der Waals surface area contributed by atoms with E-state index in [1.807, 2.05) is 53.4 Å². The van der Waals surface area contributed by atoms with Crippen molar-refractivity contribution < 1.29 is 14.2 Å². The minimum atomic E-state index is 0.549. The Hall–Kier alpha value is -3.74. The van der Waals surface area contributed by atoms with Gasteiger partial charge in [-0.15, -0.1) is 0 Å². The molecule has 1 N–H and O–H groups in total. The first-order valence-corrected chi connectivity index (χ1v) is 8.68. The topological polar surface area (TPSA) is 70.4 Å². The minimum absolute atomic E-state index is 0.549. The molecule has 2 aromatic heterocycles. The Morgan fingerprint density at radius 2 is 1.54 bits per heavy atom. The summed E-state index contributed by atoms with van der Waals surface area (Å²) in [5.74, 6) is 3.12. The number of nitrogens with zero attached hydrogens (tertiary/aromatic N) is 3. The number of aromatic nitrogens is 3. The van der Waals surface area contributed by atoms with Gasteiger partial charge in [0.25, 0.3) is 0 Å². The minimum Gasteiger partial charge on any atom is -0.493 e. The molecule has 2 heterocycles. The average Bonchev–Trinajstić information content (AvgIpc) is 3.21. The van der Waals surface area contributed by atoms with E-state index in [1.54, 1.807) is 27.7 Å². The molecule has 4 rings (SSSR count). The van der Waals surface area contributed by atoms with Crippen LogP contribution in [0.3, 0.4) is 0 Å². The largest absolute Gasteiger partial charge is 0.493 e. The van der Waals surface area contributed by atoms with Gasteiger partial charge >= 0.3 is 0 Å². The third-order valence-electron chi connectivity index (χ3n) is 4.42. The Balaban J connectivity index is 1.63. The molecule has 0 radical (unpaired) electrons. The van der Waals surface area contributed by atoms with Gasteiger partial charge in [0.05, 0.1) is 33.2 Å². The van der Waals surface area contributed by atoms with Crippen LogP contribution >= 0.6 is 0 Å². The van der Waals surface area contributed by atoms with E-state index in [9.17, 15) is 0 Å². The highest BCUT2D eigenvalue weighted by Gasteiger charge is 2.14. The van der Waals surface area contributed by atoms with E-state index in [2.05, 4.69) is 21.4 Å². The molecule has 0 unspecified atom stereocenters. The van der Waals surface area contributed by atoms with Crippen molar-refractivity contribution in [2.75, 3.05) is 26.6 Å². The number of nitrogens with one attached hydrogen (secondary N) is 1.